The Morgan fingerprint density at radius 3 is 2.44 bits per heavy atom. The molecular weight excluding hydrogens is 265 g/mol. The minimum Gasteiger partial charge on any atom is -0.360 e. The second kappa shape index (κ2) is 5.14. The maximum Gasteiger partial charge on any atom is 0.0661 e. The molecule has 2 aromatic rings. The van der Waals surface area contributed by atoms with E-state index in [1.54, 1.807) is 6.07 Å². The fourth-order valence-corrected chi connectivity index (χ4v) is 3.65. The van der Waals surface area contributed by atoms with Gasteiger partial charge in [0.15, 0.2) is 0 Å². The van der Waals surface area contributed by atoms with Crippen molar-refractivity contribution in [1.82, 2.24) is 4.98 Å². The molecule has 0 unspecified atom stereocenters. The first-order valence-electron chi connectivity index (χ1n) is 6.72. The molecule has 0 radical (unpaired) electrons. The van der Waals surface area contributed by atoms with Crippen molar-refractivity contribution in [1.29, 1.82) is 0 Å². The van der Waals surface area contributed by atoms with E-state index in [9.17, 15) is 0 Å². The highest BCUT2D eigenvalue weighted by molar-refractivity contribution is 6.38. The van der Waals surface area contributed by atoms with Crippen molar-refractivity contribution in [3.05, 3.63) is 33.9 Å². The number of nitrogens with one attached hydrogen (secondary N) is 1. The topological polar surface area (TPSA) is 15.8 Å². The lowest BCUT2D eigenvalue weighted by molar-refractivity contribution is 0.596. The number of benzene rings is 1. The van der Waals surface area contributed by atoms with Gasteiger partial charge < -0.3 is 4.98 Å². The normalized spacial score (nSPS) is 18.1. The molecule has 0 amide bonds. The van der Waals surface area contributed by atoms with E-state index >= 15 is 0 Å². The first kappa shape index (κ1) is 12.4. The molecule has 3 heteroatoms. The smallest absolute Gasteiger partial charge is 0.0661 e. The summed E-state index contributed by atoms with van der Waals surface area (Å²) in [7, 11) is 0. The van der Waals surface area contributed by atoms with Crippen LogP contribution in [0.1, 0.15) is 50.0 Å². The van der Waals surface area contributed by atoms with Gasteiger partial charge in [-0.1, -0.05) is 48.9 Å². The predicted molar refractivity (Wildman–Crippen MR) is 78.8 cm³/mol. The van der Waals surface area contributed by atoms with Crippen LogP contribution in [-0.4, -0.2) is 4.98 Å². The van der Waals surface area contributed by atoms with Gasteiger partial charge in [0.1, 0.15) is 0 Å². The highest BCUT2D eigenvalue weighted by Crippen LogP contribution is 2.38. The summed E-state index contributed by atoms with van der Waals surface area (Å²) in [5.41, 5.74) is 2.43. The van der Waals surface area contributed by atoms with E-state index in [4.69, 9.17) is 23.2 Å². The molecule has 1 aliphatic rings. The number of aromatic amines is 1. The van der Waals surface area contributed by atoms with Crippen molar-refractivity contribution >= 4 is 34.1 Å². The molecule has 1 aromatic carbocycles. The molecule has 1 fully saturated rings. The average Bonchev–Trinajstić information content (AvgIpc) is 2.59. The first-order valence-corrected chi connectivity index (χ1v) is 7.47. The molecule has 18 heavy (non-hydrogen) atoms. The van der Waals surface area contributed by atoms with E-state index in [0.717, 1.165) is 15.6 Å². The number of hydrogen-bond acceptors (Lipinski definition) is 0. The summed E-state index contributed by atoms with van der Waals surface area (Å²) in [6.45, 7) is 0. The first-order chi connectivity index (χ1) is 8.75. The van der Waals surface area contributed by atoms with Crippen LogP contribution in [0.5, 0.6) is 0 Å². The zero-order valence-electron chi connectivity index (χ0n) is 10.3. The molecule has 0 aliphatic heterocycles. The Hall–Kier alpha value is -0.660. The molecule has 1 heterocycles. The third-order valence-electron chi connectivity index (χ3n) is 4.03. The highest BCUT2D eigenvalue weighted by atomic mass is 35.5. The lowest BCUT2D eigenvalue weighted by Crippen LogP contribution is -1.95. The molecule has 1 saturated carbocycles. The van der Waals surface area contributed by atoms with Gasteiger partial charge in [0, 0.05) is 16.6 Å². The number of aromatic nitrogens is 1. The predicted octanol–water partition coefficient (Wildman–Crippen LogP) is 5.91. The summed E-state index contributed by atoms with van der Waals surface area (Å²) < 4.78 is 0. The number of hydrogen-bond donors (Lipinski definition) is 1. The monoisotopic (exact) mass is 281 g/mol. The maximum atomic E-state index is 6.23. The molecular formula is C15H17Cl2N. The van der Waals surface area contributed by atoms with Crippen LogP contribution in [0.2, 0.25) is 10.0 Å². The Morgan fingerprint density at radius 2 is 1.72 bits per heavy atom. The minimum absolute atomic E-state index is 0.663. The third kappa shape index (κ3) is 2.26. The lowest BCUT2D eigenvalue weighted by Gasteiger charge is -2.13. The lowest BCUT2D eigenvalue weighted by atomic mass is 9.91. The van der Waals surface area contributed by atoms with E-state index in [0.29, 0.717) is 5.92 Å². The van der Waals surface area contributed by atoms with Crippen molar-refractivity contribution in [2.24, 2.45) is 0 Å². The van der Waals surface area contributed by atoms with E-state index in [1.807, 2.05) is 6.07 Å². The van der Waals surface area contributed by atoms with Crippen LogP contribution in [-0.2, 0) is 0 Å². The number of halogens is 2. The molecule has 3 rings (SSSR count). The van der Waals surface area contributed by atoms with Crippen LogP contribution in [0.3, 0.4) is 0 Å². The SMILES string of the molecule is Clc1cc(Cl)c2[nH]cc(C3CCCCCC3)c2c1. The minimum atomic E-state index is 0.663. The number of rotatable bonds is 1. The van der Waals surface area contributed by atoms with E-state index in [2.05, 4.69) is 11.2 Å². The van der Waals surface area contributed by atoms with E-state index in [1.165, 1.54) is 49.5 Å². The van der Waals surface area contributed by atoms with Gasteiger partial charge in [-0.05, 0) is 36.5 Å². The van der Waals surface area contributed by atoms with Gasteiger partial charge >= 0.3 is 0 Å². The van der Waals surface area contributed by atoms with Crippen molar-refractivity contribution in [3.8, 4) is 0 Å². The number of fused-ring (bicyclic) bond motifs is 1. The van der Waals surface area contributed by atoms with Gasteiger partial charge in [0.25, 0.3) is 0 Å². The number of H-pyrrole nitrogens is 1. The Bertz CT molecular complexity index is 551. The van der Waals surface area contributed by atoms with Crippen molar-refractivity contribution in [2.45, 2.75) is 44.4 Å². The van der Waals surface area contributed by atoms with Gasteiger partial charge in [0.05, 0.1) is 10.5 Å². The standard InChI is InChI=1S/C15H17Cl2N/c16-11-7-12-13(9-18-15(12)14(17)8-11)10-5-3-1-2-4-6-10/h7-10,18H,1-6H2. The molecule has 0 bridgehead atoms. The second-order valence-corrected chi connectivity index (χ2v) is 6.09. The summed E-state index contributed by atoms with van der Waals surface area (Å²) in [6, 6.07) is 3.85. The maximum absolute atomic E-state index is 6.23. The zero-order valence-corrected chi connectivity index (χ0v) is 11.8. The fourth-order valence-electron chi connectivity index (χ4n) is 3.10. The van der Waals surface area contributed by atoms with Gasteiger partial charge in [-0.15, -0.1) is 0 Å². The fraction of sp³-hybridized carbons (Fsp3) is 0.467. The quantitative estimate of drug-likeness (QED) is 0.625. The van der Waals surface area contributed by atoms with Crippen LogP contribution in [0.15, 0.2) is 18.3 Å². The Balaban J connectivity index is 2.05. The molecule has 1 aliphatic carbocycles. The van der Waals surface area contributed by atoms with Crippen LogP contribution in [0, 0.1) is 0 Å². The van der Waals surface area contributed by atoms with E-state index in [-0.39, 0.29) is 0 Å². The Morgan fingerprint density at radius 1 is 1.00 bits per heavy atom. The van der Waals surface area contributed by atoms with Crippen LogP contribution in [0.4, 0.5) is 0 Å². The Kier molecular flexibility index (Phi) is 3.54. The van der Waals surface area contributed by atoms with Gasteiger partial charge in [-0.25, -0.2) is 0 Å². The van der Waals surface area contributed by atoms with Gasteiger partial charge in [0.2, 0.25) is 0 Å². The summed E-state index contributed by atoms with van der Waals surface area (Å²) in [6.07, 6.45) is 10.1. The van der Waals surface area contributed by atoms with Crippen LogP contribution in [0.25, 0.3) is 10.9 Å². The zero-order chi connectivity index (χ0) is 12.5. The van der Waals surface area contributed by atoms with E-state index < -0.39 is 0 Å². The average molecular weight is 282 g/mol. The summed E-state index contributed by atoms with van der Waals surface area (Å²) in [4.78, 5) is 3.31. The van der Waals surface area contributed by atoms with Crippen molar-refractivity contribution in [3.63, 3.8) is 0 Å². The molecule has 1 nitrogen and oxygen atoms in total. The van der Waals surface area contributed by atoms with Crippen LogP contribution < -0.4 is 0 Å². The molecule has 96 valence electrons. The van der Waals surface area contributed by atoms with Crippen molar-refractivity contribution < 1.29 is 0 Å². The molecule has 0 saturated heterocycles. The van der Waals surface area contributed by atoms with Crippen LogP contribution >= 0.6 is 23.2 Å². The summed E-state index contributed by atoms with van der Waals surface area (Å²) in [5.74, 6) is 0.663. The summed E-state index contributed by atoms with van der Waals surface area (Å²) in [5, 5.41) is 2.65. The molecule has 0 atom stereocenters. The second-order valence-electron chi connectivity index (χ2n) is 5.24. The Labute approximate surface area is 117 Å². The highest BCUT2D eigenvalue weighted by Gasteiger charge is 2.18. The molecule has 0 spiro atoms. The molecule has 1 aromatic heterocycles. The largest absolute Gasteiger partial charge is 0.360 e. The molecule has 1 N–H and O–H groups in total. The van der Waals surface area contributed by atoms with Gasteiger partial charge in [-0.3, -0.25) is 0 Å². The third-order valence-corrected chi connectivity index (χ3v) is 4.55. The summed E-state index contributed by atoms with van der Waals surface area (Å²) >= 11 is 12.4. The van der Waals surface area contributed by atoms with Crippen molar-refractivity contribution in [2.75, 3.05) is 0 Å². The van der Waals surface area contributed by atoms with Gasteiger partial charge in [-0.2, -0.15) is 0 Å².